The molecule has 1 aromatic heterocycles. The fraction of sp³-hybridized carbons (Fsp3) is 0.286. The number of benzene rings is 1. The Labute approximate surface area is 106 Å². The molecule has 0 saturated heterocycles. The Kier molecular flexibility index (Phi) is 3.50. The van der Waals surface area contributed by atoms with Crippen LogP contribution in [0.1, 0.15) is 28.3 Å². The van der Waals surface area contributed by atoms with Gasteiger partial charge in [-0.15, -0.1) is 0 Å². The molecule has 2 N–H and O–H groups in total. The molecule has 0 fully saturated rings. The van der Waals surface area contributed by atoms with Gasteiger partial charge in [0.05, 0.1) is 13.2 Å². The van der Waals surface area contributed by atoms with Crippen molar-refractivity contribution >= 4 is 11.3 Å². The average molecular weight is 247 g/mol. The molecule has 0 radical (unpaired) electrons. The number of hydrogen-bond donors (Lipinski definition) is 1. The summed E-state index contributed by atoms with van der Waals surface area (Å²) in [5, 5.41) is 4.26. The van der Waals surface area contributed by atoms with Crippen molar-refractivity contribution in [3.05, 3.63) is 51.2 Å². The molecular weight excluding hydrogens is 230 g/mol. The lowest BCUT2D eigenvalue weighted by atomic mass is 9.98. The quantitative estimate of drug-likeness (QED) is 0.902. The zero-order chi connectivity index (χ0) is 12.4. The molecule has 0 amide bonds. The van der Waals surface area contributed by atoms with Crippen molar-refractivity contribution in [3.8, 4) is 5.75 Å². The Morgan fingerprint density at radius 1 is 1.18 bits per heavy atom. The van der Waals surface area contributed by atoms with E-state index in [0.717, 1.165) is 16.9 Å². The van der Waals surface area contributed by atoms with E-state index in [1.807, 2.05) is 19.1 Å². The van der Waals surface area contributed by atoms with Crippen LogP contribution in [0.4, 0.5) is 0 Å². The van der Waals surface area contributed by atoms with Gasteiger partial charge in [-0.3, -0.25) is 0 Å². The van der Waals surface area contributed by atoms with Crippen LogP contribution in [0.2, 0.25) is 0 Å². The topological polar surface area (TPSA) is 35.2 Å². The third kappa shape index (κ3) is 2.35. The van der Waals surface area contributed by atoms with E-state index in [4.69, 9.17) is 10.5 Å². The van der Waals surface area contributed by atoms with E-state index < -0.39 is 0 Å². The highest BCUT2D eigenvalue weighted by molar-refractivity contribution is 7.08. The summed E-state index contributed by atoms with van der Waals surface area (Å²) in [6.45, 7) is 4.14. The second kappa shape index (κ2) is 4.90. The van der Waals surface area contributed by atoms with Gasteiger partial charge in [0, 0.05) is 0 Å². The first-order valence-electron chi connectivity index (χ1n) is 5.56. The van der Waals surface area contributed by atoms with E-state index in [1.165, 1.54) is 11.1 Å². The maximum Gasteiger partial charge on any atom is 0.121 e. The number of rotatable bonds is 3. The van der Waals surface area contributed by atoms with Crippen LogP contribution in [0.5, 0.6) is 5.75 Å². The molecule has 2 aromatic rings. The van der Waals surface area contributed by atoms with Crippen LogP contribution < -0.4 is 10.5 Å². The van der Waals surface area contributed by atoms with Crippen molar-refractivity contribution in [2.45, 2.75) is 19.9 Å². The molecule has 1 heterocycles. The fourth-order valence-corrected chi connectivity index (χ4v) is 2.85. The van der Waals surface area contributed by atoms with Gasteiger partial charge < -0.3 is 10.5 Å². The molecule has 1 atom stereocenters. The van der Waals surface area contributed by atoms with Crippen LogP contribution in [0, 0.1) is 13.8 Å². The Balaban J connectivity index is 2.35. The number of ether oxygens (including phenoxy) is 1. The molecule has 0 aliphatic heterocycles. The number of methoxy groups -OCH3 is 1. The summed E-state index contributed by atoms with van der Waals surface area (Å²) in [5.74, 6) is 0.906. The predicted molar refractivity (Wildman–Crippen MR) is 72.8 cm³/mol. The van der Waals surface area contributed by atoms with Gasteiger partial charge in [-0.1, -0.05) is 12.1 Å². The normalized spacial score (nSPS) is 12.5. The largest absolute Gasteiger partial charge is 0.496 e. The Morgan fingerprint density at radius 3 is 2.47 bits per heavy atom. The highest BCUT2D eigenvalue weighted by atomic mass is 32.1. The summed E-state index contributed by atoms with van der Waals surface area (Å²) in [7, 11) is 1.69. The molecule has 0 aliphatic rings. The maximum absolute atomic E-state index is 6.29. The van der Waals surface area contributed by atoms with Crippen molar-refractivity contribution in [1.29, 1.82) is 0 Å². The Bertz CT molecular complexity index is 519. The molecular formula is C14H17NOS. The molecule has 1 aromatic carbocycles. The molecule has 1 unspecified atom stereocenters. The maximum atomic E-state index is 6.29. The van der Waals surface area contributed by atoms with Gasteiger partial charge in [-0.05, 0) is 52.9 Å². The van der Waals surface area contributed by atoms with Crippen LogP contribution >= 0.6 is 11.3 Å². The van der Waals surface area contributed by atoms with Gasteiger partial charge in [0.1, 0.15) is 5.75 Å². The smallest absolute Gasteiger partial charge is 0.121 e. The van der Waals surface area contributed by atoms with Crippen LogP contribution in [0.3, 0.4) is 0 Å². The molecule has 2 nitrogen and oxygen atoms in total. The van der Waals surface area contributed by atoms with E-state index in [2.05, 4.69) is 23.8 Å². The first-order valence-corrected chi connectivity index (χ1v) is 6.50. The zero-order valence-electron chi connectivity index (χ0n) is 10.4. The molecule has 2 rings (SSSR count). The summed E-state index contributed by atoms with van der Waals surface area (Å²) < 4.78 is 5.26. The van der Waals surface area contributed by atoms with Crippen molar-refractivity contribution < 1.29 is 4.74 Å². The predicted octanol–water partition coefficient (Wildman–Crippen LogP) is 3.42. The lowest BCUT2D eigenvalue weighted by Gasteiger charge is -2.14. The summed E-state index contributed by atoms with van der Waals surface area (Å²) in [6, 6.07) is 6.06. The molecule has 90 valence electrons. The van der Waals surface area contributed by atoms with Crippen LogP contribution in [-0.4, -0.2) is 7.11 Å². The summed E-state index contributed by atoms with van der Waals surface area (Å²) in [6.07, 6.45) is 0. The fourth-order valence-electron chi connectivity index (χ4n) is 1.96. The summed E-state index contributed by atoms with van der Waals surface area (Å²) >= 11 is 1.70. The lowest BCUT2D eigenvalue weighted by molar-refractivity contribution is 0.411. The van der Waals surface area contributed by atoms with Crippen molar-refractivity contribution in [1.82, 2.24) is 0 Å². The van der Waals surface area contributed by atoms with Crippen LogP contribution in [0.15, 0.2) is 29.0 Å². The standard InChI is InChI=1S/C14H17NOS/c1-9-6-11(4-5-13(9)16-3)14(15)12-8-17-7-10(12)2/h4-8,14H,15H2,1-3H3. The third-order valence-corrected chi connectivity index (χ3v) is 3.89. The van der Waals surface area contributed by atoms with Crippen molar-refractivity contribution in [3.63, 3.8) is 0 Å². The molecule has 17 heavy (non-hydrogen) atoms. The van der Waals surface area contributed by atoms with Gasteiger partial charge >= 0.3 is 0 Å². The Hall–Kier alpha value is -1.32. The first kappa shape index (κ1) is 12.1. The summed E-state index contributed by atoms with van der Waals surface area (Å²) in [5.41, 5.74) is 11.0. The SMILES string of the molecule is COc1ccc(C(N)c2cscc2C)cc1C. The van der Waals surface area contributed by atoms with Crippen LogP contribution in [0.25, 0.3) is 0 Å². The third-order valence-electron chi connectivity index (χ3n) is 3.01. The molecule has 3 heteroatoms. The molecule has 0 saturated carbocycles. The second-order valence-corrected chi connectivity index (χ2v) is 4.96. The van der Waals surface area contributed by atoms with E-state index >= 15 is 0 Å². The van der Waals surface area contributed by atoms with Gasteiger partial charge in [0.2, 0.25) is 0 Å². The minimum absolute atomic E-state index is 0.0501. The van der Waals surface area contributed by atoms with Gasteiger partial charge in [-0.2, -0.15) is 11.3 Å². The number of thiophene rings is 1. The average Bonchev–Trinajstić information content (AvgIpc) is 2.74. The molecule has 0 aliphatic carbocycles. The van der Waals surface area contributed by atoms with E-state index in [-0.39, 0.29) is 6.04 Å². The van der Waals surface area contributed by atoms with E-state index in [0.29, 0.717) is 0 Å². The number of aryl methyl sites for hydroxylation is 2. The minimum atomic E-state index is -0.0501. The zero-order valence-corrected chi connectivity index (χ0v) is 11.2. The van der Waals surface area contributed by atoms with E-state index in [1.54, 1.807) is 18.4 Å². The van der Waals surface area contributed by atoms with Crippen LogP contribution in [-0.2, 0) is 0 Å². The van der Waals surface area contributed by atoms with Crippen molar-refractivity contribution in [2.24, 2.45) is 5.73 Å². The van der Waals surface area contributed by atoms with Gasteiger partial charge in [0.25, 0.3) is 0 Å². The lowest BCUT2D eigenvalue weighted by Crippen LogP contribution is -2.12. The monoisotopic (exact) mass is 247 g/mol. The van der Waals surface area contributed by atoms with E-state index in [9.17, 15) is 0 Å². The molecule has 0 bridgehead atoms. The van der Waals surface area contributed by atoms with Crippen molar-refractivity contribution in [2.75, 3.05) is 7.11 Å². The van der Waals surface area contributed by atoms with Gasteiger partial charge in [0.15, 0.2) is 0 Å². The minimum Gasteiger partial charge on any atom is -0.496 e. The number of nitrogens with two attached hydrogens (primary N) is 1. The Morgan fingerprint density at radius 2 is 1.94 bits per heavy atom. The first-order chi connectivity index (χ1) is 8.13. The molecule has 0 spiro atoms. The highest BCUT2D eigenvalue weighted by Crippen LogP contribution is 2.28. The second-order valence-electron chi connectivity index (χ2n) is 4.22. The summed E-state index contributed by atoms with van der Waals surface area (Å²) in [4.78, 5) is 0. The van der Waals surface area contributed by atoms with Gasteiger partial charge in [-0.25, -0.2) is 0 Å². The number of hydrogen-bond acceptors (Lipinski definition) is 3. The highest BCUT2D eigenvalue weighted by Gasteiger charge is 2.13.